The number of hydrogen-bond acceptors (Lipinski definition) is 4. The van der Waals surface area contributed by atoms with Gasteiger partial charge in [0.05, 0.1) is 12.7 Å². The van der Waals surface area contributed by atoms with Crippen molar-refractivity contribution in [3.63, 3.8) is 0 Å². The number of nitrogens with zero attached hydrogens (tertiary/aromatic N) is 2. The molecule has 30 heavy (non-hydrogen) atoms. The first-order valence-corrected chi connectivity index (χ1v) is 9.84. The zero-order valence-electron chi connectivity index (χ0n) is 17.5. The normalized spacial score (nSPS) is 18.3. The molecule has 1 aliphatic rings. The second kappa shape index (κ2) is 8.63. The lowest BCUT2D eigenvalue weighted by Gasteiger charge is -2.27. The monoisotopic (exact) mass is 421 g/mol. The smallest absolute Gasteiger partial charge is 0.433 e. The van der Waals surface area contributed by atoms with E-state index in [0.717, 1.165) is 42.6 Å². The van der Waals surface area contributed by atoms with E-state index in [-0.39, 0.29) is 17.6 Å². The number of alkyl halides is 3. The molecule has 0 saturated carbocycles. The van der Waals surface area contributed by atoms with Gasteiger partial charge in [0.25, 0.3) is 5.91 Å². The van der Waals surface area contributed by atoms with Crippen molar-refractivity contribution in [1.29, 1.82) is 0 Å². The topological polar surface area (TPSA) is 54.5 Å². The van der Waals surface area contributed by atoms with Gasteiger partial charge in [0.15, 0.2) is 0 Å². The van der Waals surface area contributed by atoms with Gasteiger partial charge in [-0.05, 0) is 62.1 Å². The molecular weight excluding hydrogens is 395 g/mol. The number of carbonyl (C=O) groups is 1. The zero-order chi connectivity index (χ0) is 22.1. The lowest BCUT2D eigenvalue weighted by atomic mass is 9.97. The van der Waals surface area contributed by atoms with Crippen LogP contribution in [0, 0.1) is 13.8 Å². The van der Waals surface area contributed by atoms with Gasteiger partial charge in [-0.1, -0.05) is 6.07 Å². The molecule has 0 bridgehead atoms. The van der Waals surface area contributed by atoms with Crippen LogP contribution in [0.1, 0.15) is 52.1 Å². The van der Waals surface area contributed by atoms with Crippen LogP contribution >= 0.6 is 0 Å². The second-order valence-electron chi connectivity index (χ2n) is 7.67. The fraction of sp³-hybridized carbons (Fsp3) is 0.455. The van der Waals surface area contributed by atoms with Crippen molar-refractivity contribution in [2.45, 2.75) is 45.5 Å². The Bertz CT molecular complexity index is 913. The van der Waals surface area contributed by atoms with Crippen LogP contribution in [0.2, 0.25) is 0 Å². The first kappa shape index (κ1) is 22.1. The number of nitrogens with one attached hydrogen (secondary N) is 1. The summed E-state index contributed by atoms with van der Waals surface area (Å²) in [6, 6.07) is 6.13. The number of hydrogen-bond donors (Lipinski definition) is 1. The lowest BCUT2D eigenvalue weighted by molar-refractivity contribution is -0.141. The van der Waals surface area contributed by atoms with Crippen molar-refractivity contribution in [2.24, 2.45) is 0 Å². The second-order valence-corrected chi connectivity index (χ2v) is 7.67. The summed E-state index contributed by atoms with van der Waals surface area (Å²) in [4.78, 5) is 18.1. The molecule has 162 valence electrons. The molecule has 3 rings (SSSR count). The Kier molecular flexibility index (Phi) is 6.36. The maximum atomic E-state index is 12.6. The number of methoxy groups -OCH3 is 1. The summed E-state index contributed by atoms with van der Waals surface area (Å²) in [6.07, 6.45) is -2.77. The Morgan fingerprint density at radius 2 is 1.97 bits per heavy atom. The van der Waals surface area contributed by atoms with Gasteiger partial charge in [-0.2, -0.15) is 13.2 Å². The van der Waals surface area contributed by atoms with Crippen LogP contribution in [0.5, 0.6) is 5.75 Å². The highest BCUT2D eigenvalue weighted by Crippen LogP contribution is 2.32. The third kappa shape index (κ3) is 4.59. The summed E-state index contributed by atoms with van der Waals surface area (Å²) in [5, 5.41) is 2.91. The van der Waals surface area contributed by atoms with Crippen LogP contribution in [-0.2, 0) is 6.18 Å². The zero-order valence-corrected chi connectivity index (χ0v) is 17.5. The number of rotatable bonds is 5. The molecule has 0 spiro atoms. The maximum absolute atomic E-state index is 12.6. The highest BCUT2D eigenvalue weighted by atomic mass is 19.4. The fourth-order valence-corrected chi connectivity index (χ4v) is 3.91. The maximum Gasteiger partial charge on any atom is 0.433 e. The number of aromatic nitrogens is 1. The quantitative estimate of drug-likeness (QED) is 0.783. The van der Waals surface area contributed by atoms with Gasteiger partial charge in [0.1, 0.15) is 11.4 Å². The molecule has 1 amide bonds. The number of benzene rings is 1. The summed E-state index contributed by atoms with van der Waals surface area (Å²) in [6.45, 7) is 7.75. The molecule has 1 saturated heterocycles. The minimum absolute atomic E-state index is 0.0677. The standard InChI is InChI=1S/C22H26F3N3O2/c1-13-14(2)19(30-4)7-6-18(13)15(3)28-10-9-17(12-28)27-21(29)16-5-8-20(26-11-16)22(23,24)25/h5-8,11,15,17H,9-10,12H2,1-4H3,(H,27,29)/t15?,17-/m1/s1. The first-order valence-electron chi connectivity index (χ1n) is 9.84. The Morgan fingerprint density at radius 1 is 1.23 bits per heavy atom. The molecule has 1 unspecified atom stereocenters. The Morgan fingerprint density at radius 3 is 2.57 bits per heavy atom. The van der Waals surface area contributed by atoms with E-state index in [4.69, 9.17) is 4.74 Å². The van der Waals surface area contributed by atoms with Crippen molar-refractivity contribution < 1.29 is 22.7 Å². The van der Waals surface area contributed by atoms with Crippen LogP contribution in [0.15, 0.2) is 30.5 Å². The summed E-state index contributed by atoms with van der Waals surface area (Å²) in [5.41, 5.74) is 2.62. The largest absolute Gasteiger partial charge is 0.496 e. The van der Waals surface area contributed by atoms with E-state index in [9.17, 15) is 18.0 Å². The summed E-state index contributed by atoms with van der Waals surface area (Å²) >= 11 is 0. The molecule has 1 N–H and O–H groups in total. The molecule has 5 nitrogen and oxygen atoms in total. The number of likely N-dealkylation sites (tertiary alicyclic amines) is 1. The predicted molar refractivity (Wildman–Crippen MR) is 108 cm³/mol. The molecule has 2 aromatic rings. The highest BCUT2D eigenvalue weighted by molar-refractivity contribution is 5.94. The third-order valence-electron chi connectivity index (χ3n) is 5.87. The molecule has 1 fully saturated rings. The van der Waals surface area contributed by atoms with Gasteiger partial charge in [0, 0.05) is 31.4 Å². The number of halogens is 3. The highest BCUT2D eigenvalue weighted by Gasteiger charge is 2.33. The van der Waals surface area contributed by atoms with Crippen LogP contribution in [-0.4, -0.2) is 42.0 Å². The van der Waals surface area contributed by atoms with E-state index in [1.807, 2.05) is 13.0 Å². The van der Waals surface area contributed by atoms with Crippen LogP contribution in [0.3, 0.4) is 0 Å². The van der Waals surface area contributed by atoms with Crippen molar-refractivity contribution in [2.75, 3.05) is 20.2 Å². The van der Waals surface area contributed by atoms with E-state index >= 15 is 0 Å². The minimum atomic E-state index is -4.52. The van der Waals surface area contributed by atoms with E-state index in [1.165, 1.54) is 11.1 Å². The molecule has 0 aliphatic carbocycles. The lowest BCUT2D eigenvalue weighted by Crippen LogP contribution is -2.37. The Balaban J connectivity index is 1.63. The van der Waals surface area contributed by atoms with E-state index in [1.54, 1.807) is 7.11 Å². The minimum Gasteiger partial charge on any atom is -0.496 e. The van der Waals surface area contributed by atoms with Crippen molar-refractivity contribution >= 4 is 5.91 Å². The summed E-state index contributed by atoms with van der Waals surface area (Å²) in [5.74, 6) is 0.451. The molecule has 2 atom stereocenters. The molecule has 1 aromatic carbocycles. The third-order valence-corrected chi connectivity index (χ3v) is 5.87. The van der Waals surface area contributed by atoms with Crippen molar-refractivity contribution in [3.8, 4) is 5.75 Å². The average molecular weight is 421 g/mol. The van der Waals surface area contributed by atoms with Gasteiger partial charge in [0.2, 0.25) is 0 Å². The van der Waals surface area contributed by atoms with Gasteiger partial charge in [-0.3, -0.25) is 14.7 Å². The Labute approximate surface area is 174 Å². The average Bonchev–Trinajstić information content (AvgIpc) is 3.17. The summed E-state index contributed by atoms with van der Waals surface area (Å²) < 4.78 is 43.3. The van der Waals surface area contributed by atoms with E-state index < -0.39 is 17.8 Å². The number of amides is 1. The number of pyridine rings is 1. The van der Waals surface area contributed by atoms with E-state index in [2.05, 4.69) is 35.1 Å². The molecule has 1 aliphatic heterocycles. The van der Waals surface area contributed by atoms with E-state index in [0.29, 0.717) is 6.54 Å². The molecule has 1 aromatic heterocycles. The number of ether oxygens (including phenoxy) is 1. The summed E-state index contributed by atoms with van der Waals surface area (Å²) in [7, 11) is 1.66. The van der Waals surface area contributed by atoms with Crippen molar-refractivity contribution in [1.82, 2.24) is 15.2 Å². The number of carbonyl (C=O) groups excluding carboxylic acids is 1. The van der Waals surface area contributed by atoms with Crippen LogP contribution < -0.4 is 10.1 Å². The van der Waals surface area contributed by atoms with Gasteiger partial charge in [-0.15, -0.1) is 0 Å². The molecule has 2 heterocycles. The Hall–Kier alpha value is -2.61. The SMILES string of the molecule is COc1ccc(C(C)N2CC[C@@H](NC(=O)c3ccc(C(F)(F)F)nc3)C2)c(C)c1C. The van der Waals surface area contributed by atoms with Crippen molar-refractivity contribution in [3.05, 3.63) is 58.4 Å². The molecular formula is C22H26F3N3O2. The predicted octanol–water partition coefficient (Wildman–Crippen LogP) is 4.29. The van der Waals surface area contributed by atoms with Gasteiger partial charge in [-0.25, -0.2) is 0 Å². The molecule has 0 radical (unpaired) electrons. The fourth-order valence-electron chi connectivity index (χ4n) is 3.91. The van der Waals surface area contributed by atoms with Crippen LogP contribution in [0.4, 0.5) is 13.2 Å². The first-order chi connectivity index (χ1) is 14.1. The van der Waals surface area contributed by atoms with Gasteiger partial charge >= 0.3 is 6.18 Å². The molecule has 8 heteroatoms. The van der Waals surface area contributed by atoms with Gasteiger partial charge < -0.3 is 10.1 Å². The van der Waals surface area contributed by atoms with Crippen LogP contribution in [0.25, 0.3) is 0 Å².